The fourth-order valence-corrected chi connectivity index (χ4v) is 4.40. The number of aromatic carboxylic acids is 1. The maximum absolute atomic E-state index is 12.8. The van der Waals surface area contributed by atoms with Crippen molar-refractivity contribution in [1.29, 1.82) is 0 Å². The van der Waals surface area contributed by atoms with Crippen LogP contribution >= 0.6 is 22.6 Å². The molecule has 0 fully saturated rings. The lowest BCUT2D eigenvalue weighted by Gasteiger charge is -2.07. The molecule has 0 saturated carbocycles. The fraction of sp³-hybridized carbons (Fsp3) is 0.0667. The van der Waals surface area contributed by atoms with Crippen molar-refractivity contribution in [3.8, 4) is 0 Å². The normalized spacial score (nSPS) is 11.7. The molecule has 0 aliphatic carbocycles. The monoisotopic (exact) mass is 442 g/mol. The highest BCUT2D eigenvalue weighted by Gasteiger charge is 2.22. The highest BCUT2D eigenvalue weighted by molar-refractivity contribution is 14.1. The Balaban J connectivity index is 2.24. The van der Waals surface area contributed by atoms with Gasteiger partial charge in [-0.05, 0) is 53.8 Å². The van der Waals surface area contributed by atoms with Crippen LogP contribution in [-0.4, -0.2) is 28.5 Å². The van der Waals surface area contributed by atoms with Gasteiger partial charge in [-0.2, -0.15) is 0 Å². The van der Waals surface area contributed by atoms with Crippen molar-refractivity contribution in [3.63, 3.8) is 0 Å². The van der Waals surface area contributed by atoms with Gasteiger partial charge in [-0.1, -0.05) is 17.7 Å². The van der Waals surface area contributed by atoms with Gasteiger partial charge in [-0.25, -0.2) is 22.2 Å². The predicted octanol–water partition coefficient (Wildman–Crippen LogP) is 2.88. The Kier molecular flexibility index (Phi) is 3.88. The number of hydrogen-bond acceptors (Lipinski definition) is 4. The Morgan fingerprint density at radius 3 is 2.43 bits per heavy atom. The fourth-order valence-electron chi connectivity index (χ4n) is 2.18. The van der Waals surface area contributed by atoms with Crippen LogP contribution in [0.3, 0.4) is 0 Å². The lowest BCUT2D eigenvalue weighted by molar-refractivity contribution is 0.0691. The zero-order chi connectivity index (χ0) is 16.8. The van der Waals surface area contributed by atoms with E-state index in [2.05, 4.69) is 4.98 Å². The van der Waals surface area contributed by atoms with Crippen molar-refractivity contribution in [3.05, 3.63) is 57.4 Å². The number of carboxylic acid groups (broad SMARTS) is 1. The van der Waals surface area contributed by atoms with Crippen molar-refractivity contribution in [2.45, 2.75) is 11.8 Å². The van der Waals surface area contributed by atoms with Crippen LogP contribution in [0.4, 0.5) is 0 Å². The summed E-state index contributed by atoms with van der Waals surface area (Å²) in [5, 5.41) is 9.02. The van der Waals surface area contributed by atoms with E-state index >= 15 is 0 Å². The van der Waals surface area contributed by atoms with E-state index in [0.29, 0.717) is 14.6 Å². The number of benzene rings is 1. The van der Waals surface area contributed by atoms with Gasteiger partial charge in [0.2, 0.25) is 0 Å². The Morgan fingerprint density at radius 1 is 1.17 bits per heavy atom. The average Bonchev–Trinajstić information content (AvgIpc) is 2.85. The summed E-state index contributed by atoms with van der Waals surface area (Å²) < 4.78 is 27.3. The Hall–Kier alpha value is -1.94. The summed E-state index contributed by atoms with van der Waals surface area (Å²) in [5.74, 6) is -1.16. The Morgan fingerprint density at radius 2 is 1.83 bits per heavy atom. The molecule has 0 bridgehead atoms. The van der Waals surface area contributed by atoms with E-state index in [4.69, 9.17) is 5.11 Å². The minimum Gasteiger partial charge on any atom is -0.477 e. The maximum Gasteiger partial charge on any atom is 0.354 e. The second kappa shape index (κ2) is 5.60. The van der Waals surface area contributed by atoms with E-state index in [1.807, 2.05) is 29.5 Å². The van der Waals surface area contributed by atoms with E-state index in [1.165, 1.54) is 18.3 Å². The molecule has 3 aromatic rings. The van der Waals surface area contributed by atoms with Gasteiger partial charge in [0.05, 0.1) is 14.0 Å². The van der Waals surface area contributed by atoms with Gasteiger partial charge in [-0.3, -0.25) is 0 Å². The number of carboxylic acids is 1. The molecule has 8 heteroatoms. The van der Waals surface area contributed by atoms with Gasteiger partial charge in [0.15, 0.2) is 0 Å². The molecule has 1 N–H and O–H groups in total. The molecular weight excluding hydrogens is 431 g/mol. The highest BCUT2D eigenvalue weighted by Crippen LogP contribution is 2.26. The van der Waals surface area contributed by atoms with Crippen LogP contribution in [0, 0.1) is 10.5 Å². The summed E-state index contributed by atoms with van der Waals surface area (Å²) in [6.07, 6.45) is 1.44. The molecule has 3 rings (SSSR count). The molecule has 0 atom stereocenters. The van der Waals surface area contributed by atoms with Crippen molar-refractivity contribution < 1.29 is 18.3 Å². The van der Waals surface area contributed by atoms with Crippen molar-refractivity contribution in [2.75, 3.05) is 0 Å². The van der Waals surface area contributed by atoms with Crippen LogP contribution in [-0.2, 0) is 10.0 Å². The van der Waals surface area contributed by atoms with Crippen LogP contribution in [0.15, 0.2) is 47.5 Å². The molecule has 2 aromatic heterocycles. The number of halogens is 1. The second-order valence-electron chi connectivity index (χ2n) is 4.96. The smallest absolute Gasteiger partial charge is 0.354 e. The molecule has 2 heterocycles. The van der Waals surface area contributed by atoms with Gasteiger partial charge >= 0.3 is 5.97 Å². The van der Waals surface area contributed by atoms with Gasteiger partial charge in [0.25, 0.3) is 10.0 Å². The molecule has 0 spiro atoms. The molecule has 1 aromatic carbocycles. The van der Waals surface area contributed by atoms with E-state index in [0.717, 1.165) is 9.54 Å². The third-order valence-corrected chi connectivity index (χ3v) is 5.84. The molecule has 0 unspecified atom stereocenters. The summed E-state index contributed by atoms with van der Waals surface area (Å²) in [4.78, 5) is 15.2. The minimum absolute atomic E-state index is 0.124. The zero-order valence-electron chi connectivity index (χ0n) is 11.9. The van der Waals surface area contributed by atoms with Gasteiger partial charge in [0, 0.05) is 6.20 Å². The van der Waals surface area contributed by atoms with E-state index in [-0.39, 0.29) is 10.6 Å². The molecule has 118 valence electrons. The number of aromatic nitrogens is 2. The second-order valence-corrected chi connectivity index (χ2v) is 7.94. The SMILES string of the molecule is Cc1ccc(S(=O)(=O)n2cc(I)c3nc(C(=O)O)ccc32)cc1. The van der Waals surface area contributed by atoms with Gasteiger partial charge in [0.1, 0.15) is 11.2 Å². The van der Waals surface area contributed by atoms with Gasteiger partial charge < -0.3 is 5.11 Å². The first kappa shape index (κ1) is 15.9. The lowest BCUT2D eigenvalue weighted by atomic mass is 10.2. The molecule has 0 aliphatic rings. The van der Waals surface area contributed by atoms with E-state index in [1.54, 1.807) is 24.3 Å². The van der Waals surface area contributed by atoms with Crippen LogP contribution < -0.4 is 0 Å². The van der Waals surface area contributed by atoms with Crippen LogP contribution in [0.25, 0.3) is 11.0 Å². The number of pyridine rings is 1. The number of nitrogens with zero attached hydrogens (tertiary/aromatic N) is 2. The maximum atomic E-state index is 12.8. The molecule has 23 heavy (non-hydrogen) atoms. The zero-order valence-corrected chi connectivity index (χ0v) is 14.9. The summed E-state index contributed by atoms with van der Waals surface area (Å²) in [6, 6.07) is 9.29. The highest BCUT2D eigenvalue weighted by atomic mass is 127. The summed E-state index contributed by atoms with van der Waals surface area (Å²) in [7, 11) is -3.77. The van der Waals surface area contributed by atoms with Crippen LogP contribution in [0.1, 0.15) is 16.1 Å². The molecule has 0 amide bonds. The van der Waals surface area contributed by atoms with Crippen molar-refractivity contribution in [2.24, 2.45) is 0 Å². The first-order valence-corrected chi connectivity index (χ1v) is 9.06. The summed E-state index contributed by atoms with van der Waals surface area (Å²) in [6.45, 7) is 1.88. The minimum atomic E-state index is -3.77. The number of hydrogen-bond donors (Lipinski definition) is 1. The number of aryl methyl sites for hydroxylation is 1. The largest absolute Gasteiger partial charge is 0.477 e. The third kappa shape index (κ3) is 2.72. The van der Waals surface area contributed by atoms with Crippen molar-refractivity contribution in [1.82, 2.24) is 8.96 Å². The number of rotatable bonds is 3. The predicted molar refractivity (Wildman–Crippen MR) is 93.2 cm³/mol. The van der Waals surface area contributed by atoms with Crippen LogP contribution in [0.2, 0.25) is 0 Å². The standard InChI is InChI=1S/C15H11IN2O4S/c1-9-2-4-10(5-3-9)23(21,22)18-8-11(16)14-13(18)7-6-12(17-14)15(19)20/h2-8H,1H3,(H,19,20). The molecule has 0 radical (unpaired) electrons. The molecule has 6 nitrogen and oxygen atoms in total. The number of carbonyl (C=O) groups is 1. The molecular formula is C15H11IN2O4S. The van der Waals surface area contributed by atoms with Crippen LogP contribution in [0.5, 0.6) is 0 Å². The molecule has 0 aliphatic heterocycles. The van der Waals surface area contributed by atoms with E-state index < -0.39 is 16.0 Å². The average molecular weight is 442 g/mol. The van der Waals surface area contributed by atoms with Crippen molar-refractivity contribution >= 4 is 49.6 Å². The Bertz CT molecular complexity index is 1020. The van der Waals surface area contributed by atoms with Gasteiger partial charge in [-0.15, -0.1) is 0 Å². The summed E-state index contributed by atoms with van der Waals surface area (Å²) in [5.41, 5.74) is 1.53. The first-order valence-electron chi connectivity index (χ1n) is 6.54. The lowest BCUT2D eigenvalue weighted by Crippen LogP contribution is -2.12. The number of fused-ring (bicyclic) bond motifs is 1. The molecule has 0 saturated heterocycles. The quantitative estimate of drug-likeness (QED) is 0.631. The van der Waals surface area contributed by atoms with E-state index in [9.17, 15) is 13.2 Å². The third-order valence-electron chi connectivity index (χ3n) is 3.37. The topological polar surface area (TPSA) is 89.3 Å². The Labute approximate surface area is 146 Å². The first-order chi connectivity index (χ1) is 10.8. The summed E-state index contributed by atoms with van der Waals surface area (Å²) >= 11 is 1.94.